The largest absolute Gasteiger partial charge is 0.465 e. The van der Waals surface area contributed by atoms with Gasteiger partial charge in [-0.25, -0.2) is 4.79 Å². The van der Waals surface area contributed by atoms with Gasteiger partial charge < -0.3 is 10.8 Å². The van der Waals surface area contributed by atoms with Gasteiger partial charge in [-0.15, -0.1) is 0 Å². The lowest BCUT2D eigenvalue weighted by Crippen LogP contribution is -2.30. The zero-order valence-corrected chi connectivity index (χ0v) is 10.9. The summed E-state index contributed by atoms with van der Waals surface area (Å²) in [6.45, 7) is 1.50. The van der Waals surface area contributed by atoms with Crippen LogP contribution in [-0.4, -0.2) is 17.7 Å². The van der Waals surface area contributed by atoms with Crippen LogP contribution >= 0.6 is 0 Å². The predicted octanol–water partition coefficient (Wildman–Crippen LogP) is 3.29. The number of alkyl halides is 3. The van der Waals surface area contributed by atoms with Crippen molar-refractivity contribution < 1.29 is 23.1 Å². The van der Waals surface area contributed by atoms with Crippen molar-refractivity contribution in [2.75, 3.05) is 11.4 Å². The number of rotatable bonds is 0. The zero-order chi connectivity index (χ0) is 15.1. The molecule has 1 aliphatic heterocycles. The number of amides is 1. The molecule has 0 saturated carbocycles. The summed E-state index contributed by atoms with van der Waals surface area (Å²) in [5, 5.41) is 9.16. The van der Waals surface area contributed by atoms with E-state index in [1.54, 1.807) is 0 Å². The third-order valence-electron chi connectivity index (χ3n) is 3.50. The lowest BCUT2D eigenvalue weighted by Gasteiger charge is -2.23. The molecule has 0 aliphatic carbocycles. The molecule has 1 aromatic carbocycles. The average molecular weight is 288 g/mol. The second-order valence-corrected chi connectivity index (χ2v) is 4.91. The minimum Gasteiger partial charge on any atom is -0.465 e. The van der Waals surface area contributed by atoms with Gasteiger partial charge >= 0.3 is 12.3 Å². The average Bonchev–Trinajstić information content (AvgIpc) is 2.47. The van der Waals surface area contributed by atoms with Gasteiger partial charge in [0, 0.05) is 12.6 Å². The van der Waals surface area contributed by atoms with Crippen LogP contribution in [0.3, 0.4) is 0 Å². The number of carboxylic acid groups (broad SMARTS) is 1. The topological polar surface area (TPSA) is 66.6 Å². The van der Waals surface area contributed by atoms with Gasteiger partial charge in [-0.2, -0.15) is 13.2 Å². The third-order valence-corrected chi connectivity index (χ3v) is 3.50. The summed E-state index contributed by atoms with van der Waals surface area (Å²) >= 11 is 0. The Bertz CT molecular complexity index is 543. The first kappa shape index (κ1) is 14.6. The minimum absolute atomic E-state index is 0.0421. The molecule has 110 valence electrons. The number of carbonyl (C=O) groups is 1. The molecule has 1 amide bonds. The summed E-state index contributed by atoms with van der Waals surface area (Å²) in [6, 6.07) is 1.80. The normalized spacial score (nSPS) is 19.4. The number of aryl methyl sites for hydroxylation is 1. The first-order chi connectivity index (χ1) is 9.21. The summed E-state index contributed by atoms with van der Waals surface area (Å²) in [5.74, 6) is 0. The highest BCUT2D eigenvalue weighted by Gasteiger charge is 2.35. The molecule has 0 bridgehead atoms. The standard InChI is InChI=1S/C13H15F3N2O2/c1-7-5-8-10(17)3-2-4-18(12(19)20)11(8)6-9(7)13(14,15)16/h5-6,10H,2-4,17H2,1H3,(H,19,20). The summed E-state index contributed by atoms with van der Waals surface area (Å²) in [5.41, 5.74) is 5.66. The molecule has 2 rings (SSSR count). The van der Waals surface area contributed by atoms with Gasteiger partial charge in [0.1, 0.15) is 0 Å². The van der Waals surface area contributed by atoms with Crippen LogP contribution in [0.25, 0.3) is 0 Å². The monoisotopic (exact) mass is 288 g/mol. The van der Waals surface area contributed by atoms with Crippen LogP contribution in [0, 0.1) is 6.92 Å². The van der Waals surface area contributed by atoms with Crippen molar-refractivity contribution in [1.82, 2.24) is 0 Å². The highest BCUT2D eigenvalue weighted by atomic mass is 19.4. The molecule has 0 aromatic heterocycles. The van der Waals surface area contributed by atoms with E-state index in [0.29, 0.717) is 18.4 Å². The molecule has 0 saturated heterocycles. The Labute approximate surface area is 114 Å². The molecule has 0 fully saturated rings. The van der Waals surface area contributed by atoms with Gasteiger partial charge in [0.05, 0.1) is 11.3 Å². The number of anilines is 1. The van der Waals surface area contributed by atoms with Crippen molar-refractivity contribution in [3.8, 4) is 0 Å². The van der Waals surface area contributed by atoms with Crippen molar-refractivity contribution in [3.63, 3.8) is 0 Å². The molecule has 0 radical (unpaired) electrons. The van der Waals surface area contributed by atoms with Gasteiger partial charge in [0.2, 0.25) is 0 Å². The van der Waals surface area contributed by atoms with Crippen LogP contribution in [0.5, 0.6) is 0 Å². The van der Waals surface area contributed by atoms with Crippen LogP contribution in [0.1, 0.15) is 35.6 Å². The van der Waals surface area contributed by atoms with E-state index in [1.165, 1.54) is 13.0 Å². The molecule has 1 atom stereocenters. The second kappa shape index (κ2) is 4.97. The Balaban J connectivity index is 2.65. The van der Waals surface area contributed by atoms with E-state index >= 15 is 0 Å². The van der Waals surface area contributed by atoms with Gasteiger partial charge in [-0.05, 0) is 37.0 Å². The van der Waals surface area contributed by atoms with Crippen molar-refractivity contribution in [2.45, 2.75) is 32.0 Å². The third kappa shape index (κ3) is 2.58. The lowest BCUT2D eigenvalue weighted by molar-refractivity contribution is -0.138. The van der Waals surface area contributed by atoms with E-state index in [-0.39, 0.29) is 17.8 Å². The van der Waals surface area contributed by atoms with Gasteiger partial charge in [0.25, 0.3) is 0 Å². The summed E-state index contributed by atoms with van der Waals surface area (Å²) < 4.78 is 38.8. The maximum absolute atomic E-state index is 12.9. The number of benzene rings is 1. The van der Waals surface area contributed by atoms with Crippen molar-refractivity contribution in [3.05, 3.63) is 28.8 Å². The fraction of sp³-hybridized carbons (Fsp3) is 0.462. The Kier molecular flexibility index (Phi) is 3.64. The van der Waals surface area contributed by atoms with Crippen LogP contribution in [0.15, 0.2) is 12.1 Å². The van der Waals surface area contributed by atoms with Crippen molar-refractivity contribution in [1.29, 1.82) is 0 Å². The number of hydrogen-bond donors (Lipinski definition) is 2. The molecule has 1 unspecified atom stereocenters. The molecular formula is C13H15F3N2O2. The Morgan fingerprint density at radius 3 is 2.65 bits per heavy atom. The van der Waals surface area contributed by atoms with Crippen molar-refractivity contribution in [2.24, 2.45) is 5.73 Å². The highest BCUT2D eigenvalue weighted by Crippen LogP contribution is 2.39. The molecular weight excluding hydrogens is 273 g/mol. The van der Waals surface area contributed by atoms with E-state index in [4.69, 9.17) is 10.8 Å². The van der Waals surface area contributed by atoms with Crippen molar-refractivity contribution >= 4 is 11.8 Å². The molecule has 3 N–H and O–H groups in total. The van der Waals surface area contributed by atoms with Crippen LogP contribution in [0.2, 0.25) is 0 Å². The smallest absolute Gasteiger partial charge is 0.416 e. The number of fused-ring (bicyclic) bond motifs is 1. The van der Waals surface area contributed by atoms with E-state index in [1.807, 2.05) is 0 Å². The zero-order valence-electron chi connectivity index (χ0n) is 10.9. The Hall–Kier alpha value is -1.76. The summed E-state index contributed by atoms with van der Waals surface area (Å²) in [6.07, 6.45) is -4.72. The first-order valence-electron chi connectivity index (χ1n) is 6.19. The predicted molar refractivity (Wildman–Crippen MR) is 67.7 cm³/mol. The molecule has 20 heavy (non-hydrogen) atoms. The number of nitrogens with zero attached hydrogens (tertiary/aromatic N) is 1. The molecule has 0 spiro atoms. The minimum atomic E-state index is -4.51. The van der Waals surface area contributed by atoms with E-state index in [9.17, 15) is 18.0 Å². The molecule has 1 heterocycles. The van der Waals surface area contributed by atoms with E-state index < -0.39 is 23.9 Å². The maximum atomic E-state index is 12.9. The van der Waals surface area contributed by atoms with Crippen LogP contribution < -0.4 is 10.6 Å². The summed E-state index contributed by atoms with van der Waals surface area (Å²) in [4.78, 5) is 12.2. The molecule has 7 heteroatoms. The SMILES string of the molecule is Cc1cc2c(cc1C(F)(F)F)N(C(=O)O)CCCC2N. The molecule has 1 aromatic rings. The number of nitrogens with two attached hydrogens (primary N) is 1. The molecule has 1 aliphatic rings. The Morgan fingerprint density at radius 2 is 2.10 bits per heavy atom. The fourth-order valence-corrected chi connectivity index (χ4v) is 2.50. The first-order valence-corrected chi connectivity index (χ1v) is 6.19. The highest BCUT2D eigenvalue weighted by molar-refractivity contribution is 5.88. The van der Waals surface area contributed by atoms with Gasteiger partial charge in [0.15, 0.2) is 0 Å². The van der Waals surface area contributed by atoms with Crippen LogP contribution in [-0.2, 0) is 6.18 Å². The second-order valence-electron chi connectivity index (χ2n) is 4.91. The maximum Gasteiger partial charge on any atom is 0.416 e. The lowest BCUT2D eigenvalue weighted by atomic mass is 9.96. The summed E-state index contributed by atoms with van der Waals surface area (Å²) in [7, 11) is 0. The quantitative estimate of drug-likeness (QED) is 0.769. The fourth-order valence-electron chi connectivity index (χ4n) is 2.50. The van der Waals surface area contributed by atoms with Gasteiger partial charge in [-0.3, -0.25) is 4.90 Å². The van der Waals surface area contributed by atoms with Crippen LogP contribution in [0.4, 0.5) is 23.7 Å². The van der Waals surface area contributed by atoms with Gasteiger partial charge in [-0.1, -0.05) is 6.07 Å². The molecule has 4 nitrogen and oxygen atoms in total. The van der Waals surface area contributed by atoms with E-state index in [2.05, 4.69) is 0 Å². The number of halogens is 3. The van der Waals surface area contributed by atoms with E-state index in [0.717, 1.165) is 11.0 Å². The Morgan fingerprint density at radius 1 is 1.45 bits per heavy atom. The number of hydrogen-bond acceptors (Lipinski definition) is 2.